The molecule has 2 rings (SSSR count). The van der Waals surface area contributed by atoms with Gasteiger partial charge < -0.3 is 0 Å². The average Bonchev–Trinajstić information content (AvgIpc) is 2.49. The summed E-state index contributed by atoms with van der Waals surface area (Å²) >= 11 is 6.14. The van der Waals surface area contributed by atoms with Crippen molar-refractivity contribution in [1.29, 1.82) is 5.26 Å². The molecule has 0 N–H and O–H groups in total. The molecule has 5 heteroatoms. The Bertz CT molecular complexity index is 774. The number of aromatic nitrogens is 1. The summed E-state index contributed by atoms with van der Waals surface area (Å²) in [6.07, 6.45) is 1.17. The lowest BCUT2D eigenvalue weighted by Crippen LogP contribution is -2.27. The van der Waals surface area contributed by atoms with E-state index >= 15 is 0 Å². The summed E-state index contributed by atoms with van der Waals surface area (Å²) in [6, 6.07) is 11.5. The van der Waals surface area contributed by atoms with Crippen LogP contribution in [-0.2, 0) is 13.0 Å². The highest BCUT2D eigenvalue weighted by Gasteiger charge is 2.17. The van der Waals surface area contributed by atoms with Gasteiger partial charge in [-0.05, 0) is 24.5 Å². The van der Waals surface area contributed by atoms with E-state index in [1.807, 2.05) is 36.4 Å². The number of benzene rings is 1. The summed E-state index contributed by atoms with van der Waals surface area (Å²) < 4.78 is 1.28. The summed E-state index contributed by atoms with van der Waals surface area (Å²) in [4.78, 5) is 23.4. The maximum absolute atomic E-state index is 12.3. The number of carbonyl (C=O) groups excluding carboxylic acids is 1. The lowest BCUT2D eigenvalue weighted by molar-refractivity contribution is 0.112. The van der Waals surface area contributed by atoms with Gasteiger partial charge in [-0.3, -0.25) is 14.2 Å². The highest BCUT2D eigenvalue weighted by Crippen LogP contribution is 2.19. The third-order valence-electron chi connectivity index (χ3n) is 3.39. The molecular weight excluding hydrogens is 288 g/mol. The lowest BCUT2D eigenvalue weighted by Gasteiger charge is -2.13. The fraction of sp³-hybridized carbons (Fsp3) is 0.188. The van der Waals surface area contributed by atoms with E-state index in [4.69, 9.17) is 16.9 Å². The molecule has 0 spiro atoms. The van der Waals surface area contributed by atoms with Crippen LogP contribution < -0.4 is 5.56 Å². The van der Waals surface area contributed by atoms with Crippen LogP contribution in [-0.4, -0.2) is 10.9 Å². The fourth-order valence-electron chi connectivity index (χ4n) is 2.17. The molecule has 21 heavy (non-hydrogen) atoms. The average molecular weight is 301 g/mol. The molecule has 1 aromatic heterocycles. The summed E-state index contributed by atoms with van der Waals surface area (Å²) in [5, 5.41) is 9.18. The van der Waals surface area contributed by atoms with Crippen molar-refractivity contribution in [3.8, 4) is 6.07 Å². The molecule has 0 atom stereocenters. The van der Waals surface area contributed by atoms with Gasteiger partial charge >= 0.3 is 0 Å². The van der Waals surface area contributed by atoms with Crippen LogP contribution in [0.1, 0.15) is 27.0 Å². The largest absolute Gasteiger partial charge is 0.298 e. The van der Waals surface area contributed by atoms with Crippen LogP contribution >= 0.6 is 11.6 Å². The Hall–Kier alpha value is -2.38. The first kappa shape index (κ1) is 15.0. The molecule has 0 saturated heterocycles. The molecule has 1 aromatic carbocycles. The van der Waals surface area contributed by atoms with E-state index in [-0.39, 0.29) is 16.3 Å². The second-order valence-corrected chi connectivity index (χ2v) is 4.98. The Morgan fingerprint density at radius 3 is 2.57 bits per heavy atom. The van der Waals surface area contributed by atoms with Crippen molar-refractivity contribution < 1.29 is 4.79 Å². The molecule has 0 aliphatic carbocycles. The van der Waals surface area contributed by atoms with E-state index in [1.165, 1.54) is 4.57 Å². The predicted octanol–water partition coefficient (Wildman–Crippen LogP) is 2.74. The summed E-state index contributed by atoms with van der Waals surface area (Å²) in [7, 11) is 0. The maximum Gasteiger partial charge on any atom is 0.269 e. The number of hydrogen-bond acceptors (Lipinski definition) is 3. The van der Waals surface area contributed by atoms with Gasteiger partial charge in [-0.25, -0.2) is 0 Å². The minimum absolute atomic E-state index is 0.0328. The lowest BCUT2D eigenvalue weighted by atomic mass is 10.1. The normalized spacial score (nSPS) is 10.1. The van der Waals surface area contributed by atoms with Gasteiger partial charge in [-0.1, -0.05) is 41.9 Å². The zero-order chi connectivity index (χ0) is 15.4. The topological polar surface area (TPSA) is 62.9 Å². The molecule has 0 saturated carbocycles. The third kappa shape index (κ3) is 2.88. The minimum Gasteiger partial charge on any atom is -0.298 e. The Morgan fingerprint density at radius 1 is 1.33 bits per heavy atom. The Labute approximate surface area is 127 Å². The monoisotopic (exact) mass is 300 g/mol. The minimum atomic E-state index is -0.457. The van der Waals surface area contributed by atoms with Gasteiger partial charge in [-0.15, -0.1) is 0 Å². The number of halogens is 1. The highest BCUT2D eigenvalue weighted by molar-refractivity contribution is 6.32. The third-order valence-corrected chi connectivity index (χ3v) is 3.80. The number of nitriles is 1. The first-order valence-corrected chi connectivity index (χ1v) is 6.80. The van der Waals surface area contributed by atoms with Crippen LogP contribution in [0.4, 0.5) is 0 Å². The van der Waals surface area contributed by atoms with Gasteiger partial charge in [0.15, 0.2) is 6.29 Å². The van der Waals surface area contributed by atoms with Gasteiger partial charge in [0.25, 0.3) is 5.56 Å². The van der Waals surface area contributed by atoms with Crippen molar-refractivity contribution >= 4 is 17.9 Å². The molecule has 106 valence electrons. The van der Waals surface area contributed by atoms with Crippen molar-refractivity contribution in [2.45, 2.75) is 19.9 Å². The summed E-state index contributed by atoms with van der Waals surface area (Å²) in [5.41, 5.74) is 1.09. The summed E-state index contributed by atoms with van der Waals surface area (Å²) in [5.74, 6) is 0. The first-order chi connectivity index (χ1) is 10.1. The fourth-order valence-corrected chi connectivity index (χ4v) is 2.52. The molecule has 4 nitrogen and oxygen atoms in total. The number of aldehydes is 1. The number of hydrogen-bond donors (Lipinski definition) is 0. The van der Waals surface area contributed by atoms with E-state index in [2.05, 4.69) is 0 Å². The molecule has 0 unspecified atom stereocenters. The quantitative estimate of drug-likeness (QED) is 0.644. The van der Waals surface area contributed by atoms with E-state index in [0.29, 0.717) is 24.8 Å². The SMILES string of the molecule is Cc1c(C=O)c(Cl)n(CCc2ccccc2)c(=O)c1C#N. The molecule has 0 bridgehead atoms. The maximum atomic E-state index is 12.3. The van der Waals surface area contributed by atoms with Crippen LogP contribution in [0.2, 0.25) is 5.15 Å². The van der Waals surface area contributed by atoms with Crippen molar-refractivity contribution in [2.24, 2.45) is 0 Å². The van der Waals surface area contributed by atoms with Crippen LogP contribution in [0.15, 0.2) is 35.1 Å². The standard InChI is InChI=1S/C16H13ClN2O2/c1-11-13(9-18)16(21)19(15(17)14(11)10-20)8-7-12-5-3-2-4-6-12/h2-6,10H,7-8H2,1H3. The van der Waals surface area contributed by atoms with Crippen LogP contribution in [0, 0.1) is 18.3 Å². The number of nitrogens with zero attached hydrogens (tertiary/aromatic N) is 2. The zero-order valence-electron chi connectivity index (χ0n) is 11.5. The second-order valence-electron chi connectivity index (χ2n) is 4.63. The van der Waals surface area contributed by atoms with E-state index in [0.717, 1.165) is 5.56 Å². The van der Waals surface area contributed by atoms with Crippen molar-refractivity contribution in [1.82, 2.24) is 4.57 Å². The van der Waals surface area contributed by atoms with Gasteiger partial charge in [0, 0.05) is 6.54 Å². The van der Waals surface area contributed by atoms with E-state index < -0.39 is 5.56 Å². The van der Waals surface area contributed by atoms with Crippen molar-refractivity contribution in [3.05, 3.63) is 68.1 Å². The van der Waals surface area contributed by atoms with E-state index in [1.54, 1.807) is 6.92 Å². The zero-order valence-corrected chi connectivity index (χ0v) is 12.2. The van der Waals surface area contributed by atoms with Crippen LogP contribution in [0.5, 0.6) is 0 Å². The molecule has 2 aromatic rings. The van der Waals surface area contributed by atoms with Gasteiger partial charge in [0.2, 0.25) is 0 Å². The number of carbonyl (C=O) groups is 1. The number of aryl methyl sites for hydroxylation is 1. The van der Waals surface area contributed by atoms with Gasteiger partial charge in [0.1, 0.15) is 16.8 Å². The van der Waals surface area contributed by atoms with Crippen molar-refractivity contribution in [2.75, 3.05) is 0 Å². The van der Waals surface area contributed by atoms with Gasteiger partial charge in [-0.2, -0.15) is 5.26 Å². The Balaban J connectivity index is 2.47. The highest BCUT2D eigenvalue weighted by atomic mass is 35.5. The molecule has 0 radical (unpaired) electrons. The first-order valence-electron chi connectivity index (χ1n) is 6.42. The second kappa shape index (κ2) is 6.38. The molecule has 0 aliphatic rings. The van der Waals surface area contributed by atoms with Crippen molar-refractivity contribution in [3.63, 3.8) is 0 Å². The van der Waals surface area contributed by atoms with Gasteiger partial charge in [0.05, 0.1) is 5.56 Å². The molecule has 0 fully saturated rings. The predicted molar refractivity (Wildman–Crippen MR) is 80.7 cm³/mol. The van der Waals surface area contributed by atoms with E-state index in [9.17, 15) is 9.59 Å². The Kier molecular flexibility index (Phi) is 4.56. The van der Waals surface area contributed by atoms with Crippen LogP contribution in [0.3, 0.4) is 0 Å². The smallest absolute Gasteiger partial charge is 0.269 e. The molecular formula is C16H13ClN2O2. The summed E-state index contributed by atoms with van der Waals surface area (Å²) in [6.45, 7) is 1.87. The van der Waals surface area contributed by atoms with Crippen LogP contribution in [0.25, 0.3) is 0 Å². The molecule has 1 heterocycles. The Morgan fingerprint density at radius 2 is 2.00 bits per heavy atom. The molecule has 0 aliphatic heterocycles. The molecule has 0 amide bonds. The number of pyridine rings is 1. The number of rotatable bonds is 4.